The number of hydrogen-bond acceptors (Lipinski definition) is 1. The maximum Gasteiger partial charge on any atom is 0.109 e. The molecule has 1 nitrogen and oxygen atoms in total. The average molecular weight is 192 g/mol. The van der Waals surface area contributed by atoms with Crippen LogP contribution in [-0.4, -0.2) is 0 Å². The minimum atomic E-state index is 0.696. The highest BCUT2D eigenvalue weighted by Crippen LogP contribution is 2.25. The van der Waals surface area contributed by atoms with E-state index in [1.807, 2.05) is 31.2 Å². The van der Waals surface area contributed by atoms with Crippen LogP contribution in [-0.2, 0) is 0 Å². The predicted octanol–water partition coefficient (Wildman–Crippen LogP) is 3.60. The van der Waals surface area contributed by atoms with Crippen LogP contribution in [0.5, 0.6) is 0 Å². The predicted molar refractivity (Wildman–Crippen MR) is 57.7 cm³/mol. The van der Waals surface area contributed by atoms with Crippen molar-refractivity contribution in [2.24, 2.45) is 0 Å². The Morgan fingerprint density at radius 3 is 2.77 bits per heavy atom. The van der Waals surface area contributed by atoms with E-state index in [0.717, 1.165) is 16.8 Å². The van der Waals surface area contributed by atoms with Gasteiger partial charge in [-0.05, 0) is 24.1 Å². The van der Waals surface area contributed by atoms with Gasteiger partial charge in [0.2, 0.25) is 0 Å². The molecule has 0 radical (unpaired) electrons. The number of fused-ring (bicyclic) bond motifs is 1. The molecule has 0 spiro atoms. The molecule has 1 N–H and O–H groups in total. The zero-order valence-corrected chi connectivity index (χ0v) is 8.10. The molecule has 1 aromatic rings. The Morgan fingerprint density at radius 2 is 1.92 bits per heavy atom. The number of anilines is 1. The van der Waals surface area contributed by atoms with E-state index in [9.17, 15) is 0 Å². The van der Waals surface area contributed by atoms with Gasteiger partial charge >= 0.3 is 0 Å². The fourth-order valence-electron chi connectivity index (χ4n) is 1.26. The molecule has 0 aliphatic carbocycles. The van der Waals surface area contributed by atoms with Crippen LogP contribution in [0.15, 0.2) is 41.1 Å². The first kappa shape index (κ1) is 8.39. The Bertz CT molecular complexity index is 391. The molecule has 66 valence electrons. The lowest BCUT2D eigenvalue weighted by Crippen LogP contribution is -1.94. The fraction of sp³-hybridized carbons (Fsp3) is 0.0909. The molecule has 0 aromatic heterocycles. The van der Waals surface area contributed by atoms with Crippen molar-refractivity contribution in [2.75, 3.05) is 5.32 Å². The van der Waals surface area contributed by atoms with Crippen LogP contribution >= 0.6 is 11.6 Å². The van der Waals surface area contributed by atoms with E-state index in [2.05, 4.69) is 17.5 Å². The second-order valence-electron chi connectivity index (χ2n) is 3.04. The highest BCUT2D eigenvalue weighted by Gasteiger charge is 2.05. The molecular formula is C11H10ClN. The van der Waals surface area contributed by atoms with Gasteiger partial charge in [0.05, 0.1) is 0 Å². The maximum absolute atomic E-state index is 6.02. The molecule has 1 aromatic carbocycles. The first-order valence-electron chi connectivity index (χ1n) is 4.18. The molecule has 2 rings (SSSR count). The van der Waals surface area contributed by atoms with Gasteiger partial charge in [-0.15, -0.1) is 0 Å². The molecular weight excluding hydrogens is 182 g/mol. The second-order valence-corrected chi connectivity index (χ2v) is 3.42. The molecule has 0 saturated heterocycles. The summed E-state index contributed by atoms with van der Waals surface area (Å²) in [7, 11) is 0. The van der Waals surface area contributed by atoms with Crippen LogP contribution < -0.4 is 5.32 Å². The molecule has 0 fully saturated rings. The summed E-state index contributed by atoms with van der Waals surface area (Å²) in [4.78, 5) is 0. The Kier molecular flexibility index (Phi) is 2.11. The van der Waals surface area contributed by atoms with Crippen molar-refractivity contribution < 1.29 is 0 Å². The Morgan fingerprint density at radius 1 is 1.15 bits per heavy atom. The number of halogens is 1. The first-order valence-corrected chi connectivity index (χ1v) is 4.55. The molecule has 0 atom stereocenters. The van der Waals surface area contributed by atoms with Crippen LogP contribution in [0.3, 0.4) is 0 Å². The van der Waals surface area contributed by atoms with Gasteiger partial charge in [0.15, 0.2) is 0 Å². The quantitative estimate of drug-likeness (QED) is 0.618. The largest absolute Gasteiger partial charge is 0.345 e. The third kappa shape index (κ3) is 1.61. The van der Waals surface area contributed by atoms with Crippen molar-refractivity contribution in [3.05, 3.63) is 46.6 Å². The number of rotatable bonds is 0. The Hall–Kier alpha value is -1.21. The van der Waals surface area contributed by atoms with E-state index in [4.69, 9.17) is 11.6 Å². The van der Waals surface area contributed by atoms with Gasteiger partial charge < -0.3 is 5.32 Å². The van der Waals surface area contributed by atoms with Crippen LogP contribution in [0.4, 0.5) is 5.69 Å². The summed E-state index contributed by atoms with van der Waals surface area (Å²) < 4.78 is 0. The van der Waals surface area contributed by atoms with Crippen LogP contribution in [0.1, 0.15) is 12.5 Å². The standard InChI is InChI=1S/C11H10ClN/c1-8-6-7-9-4-2-3-5-10(9)13-11(8)12/h2-7,13H,1H3. The monoisotopic (exact) mass is 191 g/mol. The van der Waals surface area contributed by atoms with E-state index >= 15 is 0 Å². The lowest BCUT2D eigenvalue weighted by molar-refractivity contribution is 1.45. The molecule has 0 bridgehead atoms. The number of para-hydroxylation sites is 1. The summed E-state index contributed by atoms with van der Waals surface area (Å²) in [6.45, 7) is 1.98. The zero-order valence-electron chi connectivity index (χ0n) is 7.34. The van der Waals surface area contributed by atoms with Gasteiger partial charge in [0.1, 0.15) is 5.16 Å². The number of hydrogen-bond donors (Lipinski definition) is 1. The van der Waals surface area contributed by atoms with Crippen molar-refractivity contribution in [3.8, 4) is 0 Å². The number of allylic oxidation sites excluding steroid dienone is 2. The lowest BCUT2D eigenvalue weighted by atomic mass is 10.1. The molecule has 0 unspecified atom stereocenters. The van der Waals surface area contributed by atoms with Gasteiger partial charge in [-0.1, -0.05) is 42.0 Å². The molecule has 1 aliphatic rings. The first-order chi connectivity index (χ1) is 6.27. The van der Waals surface area contributed by atoms with Gasteiger partial charge in [0, 0.05) is 5.69 Å². The highest BCUT2D eigenvalue weighted by atomic mass is 35.5. The van der Waals surface area contributed by atoms with Crippen LogP contribution in [0.25, 0.3) is 6.08 Å². The summed E-state index contributed by atoms with van der Waals surface area (Å²) >= 11 is 6.02. The fourth-order valence-corrected chi connectivity index (χ4v) is 1.43. The van der Waals surface area contributed by atoms with Crippen molar-refractivity contribution in [2.45, 2.75) is 6.92 Å². The molecule has 13 heavy (non-hydrogen) atoms. The smallest absolute Gasteiger partial charge is 0.109 e. The molecule has 0 saturated carbocycles. The molecule has 0 amide bonds. The van der Waals surface area contributed by atoms with Gasteiger partial charge in [-0.2, -0.15) is 0 Å². The van der Waals surface area contributed by atoms with Gasteiger partial charge in [-0.3, -0.25) is 0 Å². The van der Waals surface area contributed by atoms with E-state index in [1.165, 1.54) is 0 Å². The number of nitrogens with one attached hydrogen (secondary N) is 1. The minimum Gasteiger partial charge on any atom is -0.345 e. The summed E-state index contributed by atoms with van der Waals surface area (Å²) in [5.41, 5.74) is 3.27. The molecule has 1 aliphatic heterocycles. The van der Waals surface area contributed by atoms with E-state index in [1.54, 1.807) is 0 Å². The van der Waals surface area contributed by atoms with Gasteiger partial charge in [0.25, 0.3) is 0 Å². The molecule has 2 heteroatoms. The average Bonchev–Trinajstić information content (AvgIpc) is 2.28. The van der Waals surface area contributed by atoms with Crippen molar-refractivity contribution in [1.29, 1.82) is 0 Å². The lowest BCUT2D eigenvalue weighted by Gasteiger charge is -2.06. The zero-order chi connectivity index (χ0) is 9.26. The summed E-state index contributed by atoms with van der Waals surface area (Å²) in [5.74, 6) is 0. The normalized spacial score (nSPS) is 14.9. The van der Waals surface area contributed by atoms with E-state index < -0.39 is 0 Å². The maximum atomic E-state index is 6.02. The second kappa shape index (κ2) is 3.27. The highest BCUT2D eigenvalue weighted by molar-refractivity contribution is 6.31. The molecule has 1 heterocycles. The Labute approximate surface area is 82.7 Å². The summed E-state index contributed by atoms with van der Waals surface area (Å²) in [6.07, 6.45) is 4.08. The third-order valence-corrected chi connectivity index (χ3v) is 2.46. The summed E-state index contributed by atoms with van der Waals surface area (Å²) in [6, 6.07) is 8.08. The number of benzene rings is 1. The topological polar surface area (TPSA) is 12.0 Å². The minimum absolute atomic E-state index is 0.696. The SMILES string of the molecule is CC1=C(Cl)Nc2ccccc2C=C1. The van der Waals surface area contributed by atoms with E-state index in [0.29, 0.717) is 5.16 Å². The van der Waals surface area contributed by atoms with Crippen molar-refractivity contribution >= 4 is 23.4 Å². The van der Waals surface area contributed by atoms with Crippen LogP contribution in [0.2, 0.25) is 0 Å². The van der Waals surface area contributed by atoms with Crippen molar-refractivity contribution in [3.63, 3.8) is 0 Å². The van der Waals surface area contributed by atoms with Gasteiger partial charge in [-0.25, -0.2) is 0 Å². The Balaban J connectivity index is 2.51. The van der Waals surface area contributed by atoms with Crippen LogP contribution in [0, 0.1) is 0 Å². The third-order valence-electron chi connectivity index (χ3n) is 2.06. The van der Waals surface area contributed by atoms with Crippen molar-refractivity contribution in [1.82, 2.24) is 0 Å². The van der Waals surface area contributed by atoms with E-state index in [-0.39, 0.29) is 0 Å². The summed E-state index contributed by atoms with van der Waals surface area (Å²) in [5, 5.41) is 3.85.